The monoisotopic (exact) mass is 246 g/mol. The molecule has 2 nitrogen and oxygen atoms in total. The Morgan fingerprint density at radius 1 is 1.25 bits per heavy atom. The van der Waals surface area contributed by atoms with Crippen LogP contribution in [0.5, 0.6) is 0 Å². The Balaban J connectivity index is 2.81. The van der Waals surface area contributed by atoms with E-state index in [9.17, 15) is 13.2 Å². The van der Waals surface area contributed by atoms with Crippen molar-refractivity contribution in [1.29, 1.82) is 0 Å². The molecule has 0 amide bonds. The number of nitrogen functional groups attached to an aromatic ring is 1. The van der Waals surface area contributed by atoms with Gasteiger partial charge in [0, 0.05) is 11.6 Å². The summed E-state index contributed by atoms with van der Waals surface area (Å²) in [5.41, 5.74) is 4.92. The highest BCUT2D eigenvalue weighted by Crippen LogP contribution is 2.35. The molecule has 0 atom stereocenters. The summed E-state index contributed by atoms with van der Waals surface area (Å²) in [6.45, 7) is 0. The lowest BCUT2D eigenvalue weighted by Crippen LogP contribution is -2.06. The Hall–Kier alpha value is -1.49. The molecule has 84 valence electrons. The van der Waals surface area contributed by atoms with Gasteiger partial charge >= 0.3 is 6.18 Å². The first kappa shape index (κ1) is 11.0. The lowest BCUT2D eigenvalue weighted by molar-refractivity contribution is -0.137. The van der Waals surface area contributed by atoms with Crippen molar-refractivity contribution in [2.75, 3.05) is 5.73 Å². The zero-order chi connectivity index (χ0) is 11.9. The van der Waals surface area contributed by atoms with Gasteiger partial charge in [-0.25, -0.2) is 0 Å². The van der Waals surface area contributed by atoms with E-state index in [-0.39, 0.29) is 21.6 Å². The van der Waals surface area contributed by atoms with E-state index in [1.165, 1.54) is 12.3 Å². The number of nitrogens with zero attached hydrogens (tertiary/aromatic N) is 1. The number of rotatable bonds is 0. The molecule has 0 saturated heterocycles. The first-order valence-electron chi connectivity index (χ1n) is 4.30. The fourth-order valence-corrected chi connectivity index (χ4v) is 1.61. The number of pyridine rings is 1. The second-order valence-corrected chi connectivity index (χ2v) is 3.66. The van der Waals surface area contributed by atoms with Crippen LogP contribution in [0, 0.1) is 0 Å². The van der Waals surface area contributed by atoms with Crippen molar-refractivity contribution in [2.24, 2.45) is 0 Å². The van der Waals surface area contributed by atoms with Crippen molar-refractivity contribution in [3.63, 3.8) is 0 Å². The number of hydrogen-bond acceptors (Lipinski definition) is 2. The Morgan fingerprint density at radius 2 is 1.94 bits per heavy atom. The minimum atomic E-state index is -4.44. The van der Waals surface area contributed by atoms with Crippen molar-refractivity contribution < 1.29 is 13.2 Å². The lowest BCUT2D eigenvalue weighted by Gasteiger charge is -2.10. The molecular formula is C10H6ClF3N2. The van der Waals surface area contributed by atoms with E-state index in [2.05, 4.69) is 4.98 Å². The van der Waals surface area contributed by atoms with Crippen molar-refractivity contribution in [3.05, 3.63) is 35.0 Å². The first-order chi connectivity index (χ1) is 7.39. The molecule has 0 aliphatic carbocycles. The van der Waals surface area contributed by atoms with Gasteiger partial charge in [-0.1, -0.05) is 11.6 Å². The van der Waals surface area contributed by atoms with Gasteiger partial charge < -0.3 is 5.73 Å². The summed E-state index contributed by atoms with van der Waals surface area (Å²) >= 11 is 5.79. The second kappa shape index (κ2) is 3.52. The van der Waals surface area contributed by atoms with Crippen molar-refractivity contribution in [2.45, 2.75) is 6.18 Å². The van der Waals surface area contributed by atoms with E-state index in [1.807, 2.05) is 0 Å². The molecule has 0 fully saturated rings. The predicted molar refractivity (Wildman–Crippen MR) is 56.2 cm³/mol. The Bertz CT molecular complexity index is 551. The Labute approximate surface area is 93.8 Å². The zero-order valence-corrected chi connectivity index (χ0v) is 8.60. The summed E-state index contributed by atoms with van der Waals surface area (Å²) in [7, 11) is 0. The highest BCUT2D eigenvalue weighted by Gasteiger charge is 2.31. The molecule has 1 aromatic heterocycles. The average Bonchev–Trinajstić information content (AvgIpc) is 2.18. The molecule has 0 spiro atoms. The van der Waals surface area contributed by atoms with Crippen LogP contribution in [0.2, 0.25) is 5.02 Å². The normalized spacial score (nSPS) is 12.0. The van der Waals surface area contributed by atoms with E-state index in [1.54, 1.807) is 0 Å². The van der Waals surface area contributed by atoms with Crippen LogP contribution < -0.4 is 5.73 Å². The van der Waals surface area contributed by atoms with Crippen LogP contribution >= 0.6 is 11.6 Å². The molecule has 1 aromatic carbocycles. The van der Waals surface area contributed by atoms with Crippen LogP contribution in [0.25, 0.3) is 10.9 Å². The maximum Gasteiger partial charge on any atom is 0.416 e. The summed E-state index contributed by atoms with van der Waals surface area (Å²) in [4.78, 5) is 3.89. The van der Waals surface area contributed by atoms with E-state index in [0.717, 1.165) is 12.1 Å². The average molecular weight is 247 g/mol. The number of hydrogen-bond donors (Lipinski definition) is 1. The highest BCUT2D eigenvalue weighted by atomic mass is 35.5. The molecule has 16 heavy (non-hydrogen) atoms. The molecule has 0 radical (unpaired) electrons. The van der Waals surface area contributed by atoms with Crippen LogP contribution in [0.3, 0.4) is 0 Å². The number of halogens is 4. The number of anilines is 1. The van der Waals surface area contributed by atoms with Crippen molar-refractivity contribution >= 4 is 28.2 Å². The van der Waals surface area contributed by atoms with Gasteiger partial charge in [0.25, 0.3) is 0 Å². The fraction of sp³-hybridized carbons (Fsp3) is 0.100. The smallest absolute Gasteiger partial charge is 0.397 e. The molecule has 0 bridgehead atoms. The van der Waals surface area contributed by atoms with Gasteiger partial charge in [0.2, 0.25) is 0 Å². The minimum absolute atomic E-state index is 0.0349. The molecule has 2 rings (SSSR count). The third kappa shape index (κ3) is 1.78. The molecular weight excluding hydrogens is 241 g/mol. The molecule has 2 aromatic rings. The van der Waals surface area contributed by atoms with Crippen molar-refractivity contribution in [1.82, 2.24) is 4.98 Å². The highest BCUT2D eigenvalue weighted by molar-refractivity contribution is 6.35. The molecule has 6 heteroatoms. The van der Waals surface area contributed by atoms with Crippen molar-refractivity contribution in [3.8, 4) is 0 Å². The first-order valence-corrected chi connectivity index (χ1v) is 4.68. The molecule has 0 saturated carbocycles. The molecule has 0 aliphatic heterocycles. The van der Waals surface area contributed by atoms with Crippen LogP contribution in [0.1, 0.15) is 5.56 Å². The topological polar surface area (TPSA) is 38.9 Å². The standard InChI is InChI=1S/C10H6ClF3N2/c11-7-1-2-16-9-6(7)3-5(4-8(9)15)10(12,13)14/h1-4H,15H2. The zero-order valence-electron chi connectivity index (χ0n) is 7.85. The van der Waals surface area contributed by atoms with Crippen LogP contribution in [0.15, 0.2) is 24.4 Å². The van der Waals surface area contributed by atoms with Gasteiger partial charge in [-0.2, -0.15) is 13.2 Å². The van der Waals surface area contributed by atoms with E-state index in [0.29, 0.717) is 0 Å². The van der Waals surface area contributed by atoms with Gasteiger partial charge in [-0.15, -0.1) is 0 Å². The van der Waals surface area contributed by atoms with E-state index < -0.39 is 11.7 Å². The molecule has 2 N–H and O–H groups in total. The molecule has 0 unspecified atom stereocenters. The van der Waals surface area contributed by atoms with Crippen LogP contribution in [-0.2, 0) is 6.18 Å². The van der Waals surface area contributed by atoms with Gasteiger partial charge in [-0.05, 0) is 18.2 Å². The number of aromatic nitrogens is 1. The number of nitrogens with two attached hydrogens (primary N) is 1. The Kier molecular flexibility index (Phi) is 2.42. The SMILES string of the molecule is Nc1cc(C(F)(F)F)cc2c(Cl)ccnc12. The number of benzene rings is 1. The summed E-state index contributed by atoms with van der Waals surface area (Å²) in [5, 5.41) is 0.402. The second-order valence-electron chi connectivity index (χ2n) is 3.25. The molecule has 0 aliphatic rings. The van der Waals surface area contributed by atoms with Gasteiger partial charge in [0.05, 0.1) is 21.8 Å². The van der Waals surface area contributed by atoms with Gasteiger partial charge in [0.15, 0.2) is 0 Å². The third-order valence-electron chi connectivity index (χ3n) is 2.15. The summed E-state index contributed by atoms with van der Waals surface area (Å²) in [6.07, 6.45) is -3.05. The number of alkyl halides is 3. The van der Waals surface area contributed by atoms with Crippen LogP contribution in [0.4, 0.5) is 18.9 Å². The number of fused-ring (bicyclic) bond motifs is 1. The lowest BCUT2D eigenvalue weighted by atomic mass is 10.1. The largest absolute Gasteiger partial charge is 0.416 e. The minimum Gasteiger partial charge on any atom is -0.397 e. The summed E-state index contributed by atoms with van der Waals surface area (Å²) < 4.78 is 37.5. The van der Waals surface area contributed by atoms with Crippen LogP contribution in [-0.4, -0.2) is 4.98 Å². The van der Waals surface area contributed by atoms with Gasteiger partial charge in [0.1, 0.15) is 0 Å². The molecule has 1 heterocycles. The third-order valence-corrected chi connectivity index (χ3v) is 2.48. The fourth-order valence-electron chi connectivity index (χ4n) is 1.41. The Morgan fingerprint density at radius 3 is 2.56 bits per heavy atom. The quantitative estimate of drug-likeness (QED) is 0.723. The maximum absolute atomic E-state index is 12.5. The predicted octanol–water partition coefficient (Wildman–Crippen LogP) is 3.49. The maximum atomic E-state index is 12.5. The summed E-state index contributed by atoms with van der Waals surface area (Å²) in [6, 6.07) is 3.22. The van der Waals surface area contributed by atoms with Gasteiger partial charge in [-0.3, -0.25) is 4.98 Å². The van der Waals surface area contributed by atoms with E-state index >= 15 is 0 Å². The van der Waals surface area contributed by atoms with E-state index in [4.69, 9.17) is 17.3 Å². The summed E-state index contributed by atoms with van der Waals surface area (Å²) in [5.74, 6) is 0.